The number of aliphatic hydroxyl groups excluding tert-OH is 1. The SMILES string of the molecule is Cc1ccc(CO)cc1C=CCN. The smallest absolute Gasteiger partial charge is 0.0682 e. The molecule has 0 heterocycles. The lowest BCUT2D eigenvalue weighted by Crippen LogP contribution is -1.93. The molecule has 0 aliphatic carbocycles. The lowest BCUT2D eigenvalue weighted by molar-refractivity contribution is 0.282. The van der Waals surface area contributed by atoms with Gasteiger partial charge in [-0.25, -0.2) is 0 Å². The molecule has 1 rings (SSSR count). The van der Waals surface area contributed by atoms with Gasteiger partial charge in [-0.3, -0.25) is 0 Å². The second kappa shape index (κ2) is 4.80. The van der Waals surface area contributed by atoms with E-state index < -0.39 is 0 Å². The number of nitrogens with two attached hydrogens (primary N) is 1. The number of rotatable bonds is 3. The Labute approximate surface area is 78.7 Å². The normalized spacial score (nSPS) is 11.0. The van der Waals surface area contributed by atoms with Crippen LogP contribution in [0.5, 0.6) is 0 Å². The summed E-state index contributed by atoms with van der Waals surface area (Å²) in [5.74, 6) is 0. The molecule has 13 heavy (non-hydrogen) atoms. The van der Waals surface area contributed by atoms with Gasteiger partial charge in [0.15, 0.2) is 0 Å². The van der Waals surface area contributed by atoms with Crippen LogP contribution in [0.15, 0.2) is 24.3 Å². The third-order valence-electron chi connectivity index (χ3n) is 1.96. The molecule has 0 spiro atoms. The van der Waals surface area contributed by atoms with Crippen LogP contribution in [0.3, 0.4) is 0 Å². The largest absolute Gasteiger partial charge is 0.392 e. The van der Waals surface area contributed by atoms with E-state index in [1.54, 1.807) is 0 Å². The summed E-state index contributed by atoms with van der Waals surface area (Å²) in [6, 6.07) is 5.90. The zero-order valence-electron chi connectivity index (χ0n) is 7.83. The lowest BCUT2D eigenvalue weighted by atomic mass is 10.0. The summed E-state index contributed by atoms with van der Waals surface area (Å²) in [6.07, 6.45) is 3.89. The van der Waals surface area contributed by atoms with Crippen LogP contribution < -0.4 is 5.73 Å². The number of aryl methyl sites for hydroxylation is 1. The maximum Gasteiger partial charge on any atom is 0.0682 e. The van der Waals surface area contributed by atoms with E-state index in [9.17, 15) is 0 Å². The first-order valence-corrected chi connectivity index (χ1v) is 4.35. The van der Waals surface area contributed by atoms with E-state index in [-0.39, 0.29) is 6.61 Å². The van der Waals surface area contributed by atoms with Crippen molar-refractivity contribution in [2.75, 3.05) is 6.54 Å². The quantitative estimate of drug-likeness (QED) is 0.734. The summed E-state index contributed by atoms with van der Waals surface area (Å²) in [6.45, 7) is 2.67. The standard InChI is InChI=1S/C11H15NO/c1-9-4-5-10(8-13)7-11(9)3-2-6-12/h2-5,7,13H,6,8,12H2,1H3. The van der Waals surface area contributed by atoms with Crippen molar-refractivity contribution in [1.29, 1.82) is 0 Å². The Morgan fingerprint density at radius 2 is 2.23 bits per heavy atom. The molecular formula is C11H15NO. The number of benzene rings is 1. The van der Waals surface area contributed by atoms with Gasteiger partial charge in [-0.2, -0.15) is 0 Å². The Morgan fingerprint density at radius 3 is 2.85 bits per heavy atom. The van der Waals surface area contributed by atoms with Crippen LogP contribution in [-0.2, 0) is 6.61 Å². The fourth-order valence-electron chi connectivity index (χ4n) is 1.16. The average Bonchev–Trinajstić information content (AvgIpc) is 2.17. The van der Waals surface area contributed by atoms with E-state index in [0.29, 0.717) is 6.54 Å². The van der Waals surface area contributed by atoms with Crippen molar-refractivity contribution in [2.24, 2.45) is 5.73 Å². The van der Waals surface area contributed by atoms with E-state index in [1.807, 2.05) is 37.3 Å². The molecule has 2 heteroatoms. The monoisotopic (exact) mass is 177 g/mol. The fourth-order valence-corrected chi connectivity index (χ4v) is 1.16. The third-order valence-corrected chi connectivity index (χ3v) is 1.96. The molecule has 70 valence electrons. The second-order valence-electron chi connectivity index (χ2n) is 2.99. The highest BCUT2D eigenvalue weighted by Crippen LogP contribution is 2.12. The molecular weight excluding hydrogens is 162 g/mol. The summed E-state index contributed by atoms with van der Waals surface area (Å²) < 4.78 is 0. The summed E-state index contributed by atoms with van der Waals surface area (Å²) >= 11 is 0. The molecule has 0 aliphatic rings. The number of hydrogen-bond donors (Lipinski definition) is 2. The van der Waals surface area contributed by atoms with E-state index >= 15 is 0 Å². The topological polar surface area (TPSA) is 46.2 Å². The van der Waals surface area contributed by atoms with Gasteiger partial charge < -0.3 is 10.8 Å². The average molecular weight is 177 g/mol. The molecule has 1 aromatic carbocycles. The number of hydrogen-bond acceptors (Lipinski definition) is 2. The van der Waals surface area contributed by atoms with Crippen molar-refractivity contribution < 1.29 is 5.11 Å². The van der Waals surface area contributed by atoms with Crippen molar-refractivity contribution in [1.82, 2.24) is 0 Å². The fraction of sp³-hybridized carbons (Fsp3) is 0.273. The van der Waals surface area contributed by atoms with Crippen LogP contribution in [0.25, 0.3) is 6.08 Å². The highest BCUT2D eigenvalue weighted by molar-refractivity contribution is 5.54. The summed E-state index contributed by atoms with van der Waals surface area (Å²) in [7, 11) is 0. The zero-order valence-corrected chi connectivity index (χ0v) is 7.83. The summed E-state index contributed by atoms with van der Waals surface area (Å²) in [5, 5.41) is 8.93. The second-order valence-corrected chi connectivity index (χ2v) is 2.99. The Hall–Kier alpha value is -1.12. The molecule has 0 saturated carbocycles. The molecule has 0 amide bonds. The molecule has 0 radical (unpaired) electrons. The summed E-state index contributed by atoms with van der Waals surface area (Å²) in [4.78, 5) is 0. The van der Waals surface area contributed by atoms with Gasteiger partial charge >= 0.3 is 0 Å². The first-order valence-electron chi connectivity index (χ1n) is 4.35. The van der Waals surface area contributed by atoms with E-state index in [2.05, 4.69) is 0 Å². The van der Waals surface area contributed by atoms with Gasteiger partial charge in [0.25, 0.3) is 0 Å². The Kier molecular flexibility index (Phi) is 3.68. The molecule has 3 N–H and O–H groups in total. The Morgan fingerprint density at radius 1 is 1.46 bits per heavy atom. The lowest BCUT2D eigenvalue weighted by Gasteiger charge is -2.02. The molecule has 0 aliphatic heterocycles. The van der Waals surface area contributed by atoms with Gasteiger partial charge in [-0.05, 0) is 29.7 Å². The van der Waals surface area contributed by atoms with Gasteiger partial charge in [0.2, 0.25) is 0 Å². The Balaban J connectivity index is 2.97. The van der Waals surface area contributed by atoms with Crippen LogP contribution in [-0.4, -0.2) is 11.7 Å². The van der Waals surface area contributed by atoms with E-state index in [0.717, 1.165) is 11.1 Å². The van der Waals surface area contributed by atoms with E-state index in [1.165, 1.54) is 5.56 Å². The molecule has 0 aromatic heterocycles. The van der Waals surface area contributed by atoms with Crippen molar-refractivity contribution in [3.05, 3.63) is 41.0 Å². The van der Waals surface area contributed by atoms with E-state index in [4.69, 9.17) is 10.8 Å². The highest BCUT2D eigenvalue weighted by Gasteiger charge is 1.95. The molecule has 0 fully saturated rings. The van der Waals surface area contributed by atoms with Crippen molar-refractivity contribution >= 4 is 6.08 Å². The van der Waals surface area contributed by atoms with Gasteiger partial charge in [0.1, 0.15) is 0 Å². The predicted octanol–water partition coefficient (Wildman–Crippen LogP) is 1.46. The highest BCUT2D eigenvalue weighted by atomic mass is 16.3. The molecule has 0 saturated heterocycles. The van der Waals surface area contributed by atoms with Crippen LogP contribution in [0.1, 0.15) is 16.7 Å². The maximum atomic E-state index is 8.93. The predicted molar refractivity (Wildman–Crippen MR) is 55.2 cm³/mol. The molecule has 0 bridgehead atoms. The minimum Gasteiger partial charge on any atom is -0.392 e. The van der Waals surface area contributed by atoms with Gasteiger partial charge in [0, 0.05) is 6.54 Å². The first kappa shape index (κ1) is 9.96. The van der Waals surface area contributed by atoms with Gasteiger partial charge in [-0.1, -0.05) is 24.3 Å². The minimum absolute atomic E-state index is 0.0870. The minimum atomic E-state index is 0.0870. The van der Waals surface area contributed by atoms with Crippen molar-refractivity contribution in [2.45, 2.75) is 13.5 Å². The first-order chi connectivity index (χ1) is 6.27. The van der Waals surface area contributed by atoms with Crippen LogP contribution in [0.2, 0.25) is 0 Å². The third kappa shape index (κ3) is 2.68. The van der Waals surface area contributed by atoms with Gasteiger partial charge in [-0.15, -0.1) is 0 Å². The zero-order chi connectivity index (χ0) is 9.68. The molecule has 2 nitrogen and oxygen atoms in total. The van der Waals surface area contributed by atoms with Crippen LogP contribution >= 0.6 is 0 Å². The maximum absolute atomic E-state index is 8.93. The van der Waals surface area contributed by atoms with Crippen molar-refractivity contribution in [3.8, 4) is 0 Å². The number of aliphatic hydroxyl groups is 1. The molecule has 1 aromatic rings. The molecule has 0 unspecified atom stereocenters. The van der Waals surface area contributed by atoms with Crippen molar-refractivity contribution in [3.63, 3.8) is 0 Å². The molecule has 0 atom stereocenters. The Bertz CT molecular complexity index is 305. The summed E-state index contributed by atoms with van der Waals surface area (Å²) in [5.41, 5.74) is 8.61. The van der Waals surface area contributed by atoms with Crippen LogP contribution in [0, 0.1) is 6.92 Å². The van der Waals surface area contributed by atoms with Crippen LogP contribution in [0.4, 0.5) is 0 Å². The van der Waals surface area contributed by atoms with Gasteiger partial charge in [0.05, 0.1) is 6.61 Å².